The first-order valence-electron chi connectivity index (χ1n) is 8.37. The number of amides is 2. The van der Waals surface area contributed by atoms with Crippen LogP contribution in [0.15, 0.2) is 48.5 Å². The highest BCUT2D eigenvalue weighted by Gasteiger charge is 2.34. The van der Waals surface area contributed by atoms with Gasteiger partial charge in [0.25, 0.3) is 0 Å². The molecule has 2 amide bonds. The number of rotatable bonds is 4. The summed E-state index contributed by atoms with van der Waals surface area (Å²) in [7, 11) is 0. The van der Waals surface area contributed by atoms with Gasteiger partial charge in [0.05, 0.1) is 5.75 Å². The molecule has 1 aliphatic rings. The Bertz CT molecular complexity index is 787. The topological polar surface area (TPSA) is 49.4 Å². The van der Waals surface area contributed by atoms with Gasteiger partial charge < -0.3 is 5.32 Å². The molecule has 1 N–H and O–H groups in total. The third-order valence-corrected chi connectivity index (χ3v) is 5.44. The Kier molecular flexibility index (Phi) is 5.13. The van der Waals surface area contributed by atoms with Crippen molar-refractivity contribution in [2.45, 2.75) is 26.1 Å². The summed E-state index contributed by atoms with van der Waals surface area (Å²) >= 11 is 1.63. The fourth-order valence-electron chi connectivity index (χ4n) is 2.78. The van der Waals surface area contributed by atoms with Crippen LogP contribution in [-0.2, 0) is 9.59 Å². The van der Waals surface area contributed by atoms with Gasteiger partial charge in [-0.15, -0.1) is 11.8 Å². The van der Waals surface area contributed by atoms with Crippen LogP contribution in [-0.4, -0.2) is 17.6 Å². The minimum atomic E-state index is -0.0563. The molecule has 1 aliphatic heterocycles. The van der Waals surface area contributed by atoms with Gasteiger partial charge in [-0.2, -0.15) is 0 Å². The predicted octanol–water partition coefficient (Wildman–Crippen LogP) is 4.37. The number of hydrogen-bond acceptors (Lipinski definition) is 3. The van der Waals surface area contributed by atoms with Crippen molar-refractivity contribution in [2.24, 2.45) is 5.92 Å². The van der Waals surface area contributed by atoms with Gasteiger partial charge in [-0.1, -0.05) is 44.2 Å². The van der Waals surface area contributed by atoms with Crippen molar-refractivity contribution in [3.8, 4) is 0 Å². The molecule has 5 heteroatoms. The van der Waals surface area contributed by atoms with Crippen molar-refractivity contribution in [3.05, 3.63) is 59.7 Å². The van der Waals surface area contributed by atoms with Crippen LogP contribution in [0.1, 0.15) is 30.3 Å². The van der Waals surface area contributed by atoms with Gasteiger partial charge in [0.15, 0.2) is 0 Å². The van der Waals surface area contributed by atoms with Crippen LogP contribution in [0, 0.1) is 12.8 Å². The van der Waals surface area contributed by atoms with E-state index in [4.69, 9.17) is 0 Å². The van der Waals surface area contributed by atoms with Crippen molar-refractivity contribution in [1.29, 1.82) is 0 Å². The number of carbonyl (C=O) groups excluding carboxylic acids is 2. The Morgan fingerprint density at radius 1 is 1.16 bits per heavy atom. The van der Waals surface area contributed by atoms with E-state index < -0.39 is 0 Å². The average molecular weight is 354 g/mol. The van der Waals surface area contributed by atoms with Gasteiger partial charge in [-0.05, 0) is 36.2 Å². The normalized spacial score (nSPS) is 17.2. The van der Waals surface area contributed by atoms with E-state index in [1.54, 1.807) is 11.8 Å². The summed E-state index contributed by atoms with van der Waals surface area (Å²) in [6.07, 6.45) is 0. The Morgan fingerprint density at radius 3 is 2.48 bits per heavy atom. The number of thioether (sulfide) groups is 1. The van der Waals surface area contributed by atoms with Gasteiger partial charge in [-0.25, -0.2) is 0 Å². The van der Waals surface area contributed by atoms with Gasteiger partial charge in [-0.3, -0.25) is 14.5 Å². The minimum Gasteiger partial charge on any atom is -0.326 e. The maximum atomic E-state index is 12.4. The number of anilines is 2. The summed E-state index contributed by atoms with van der Waals surface area (Å²) in [5.41, 5.74) is 3.88. The SMILES string of the molecule is Cc1ccccc1N1C(=O)CS[C@H]1c1ccc(NC(=O)C(C)C)cc1. The first kappa shape index (κ1) is 17.5. The first-order chi connectivity index (χ1) is 12.0. The van der Waals surface area contributed by atoms with E-state index in [-0.39, 0.29) is 23.1 Å². The van der Waals surface area contributed by atoms with Crippen LogP contribution in [0.3, 0.4) is 0 Å². The Morgan fingerprint density at radius 2 is 1.84 bits per heavy atom. The van der Waals surface area contributed by atoms with Crippen LogP contribution < -0.4 is 10.2 Å². The molecule has 0 bridgehead atoms. The highest BCUT2D eigenvalue weighted by molar-refractivity contribution is 8.00. The molecule has 25 heavy (non-hydrogen) atoms. The largest absolute Gasteiger partial charge is 0.326 e. The average Bonchev–Trinajstić information content (AvgIpc) is 2.97. The molecule has 0 aromatic heterocycles. The Balaban J connectivity index is 1.84. The minimum absolute atomic E-state index is 0.000272. The number of nitrogens with zero attached hydrogens (tertiary/aromatic N) is 1. The zero-order valence-corrected chi connectivity index (χ0v) is 15.5. The lowest BCUT2D eigenvalue weighted by atomic mass is 10.1. The van der Waals surface area contributed by atoms with E-state index in [0.717, 1.165) is 22.5 Å². The summed E-state index contributed by atoms with van der Waals surface area (Å²) in [4.78, 5) is 26.1. The van der Waals surface area contributed by atoms with Gasteiger partial charge >= 0.3 is 0 Å². The van der Waals surface area contributed by atoms with Crippen molar-refractivity contribution in [3.63, 3.8) is 0 Å². The van der Waals surface area contributed by atoms with E-state index in [2.05, 4.69) is 5.32 Å². The van der Waals surface area contributed by atoms with E-state index in [0.29, 0.717) is 5.75 Å². The second kappa shape index (κ2) is 7.31. The fraction of sp³-hybridized carbons (Fsp3) is 0.300. The molecule has 2 aromatic carbocycles. The maximum absolute atomic E-state index is 12.4. The van der Waals surface area contributed by atoms with E-state index in [1.165, 1.54) is 0 Å². The lowest BCUT2D eigenvalue weighted by Gasteiger charge is -2.26. The molecule has 3 rings (SSSR count). The number of nitrogens with one attached hydrogen (secondary N) is 1. The number of benzene rings is 2. The maximum Gasteiger partial charge on any atom is 0.238 e. The highest BCUT2D eigenvalue weighted by atomic mass is 32.2. The van der Waals surface area contributed by atoms with Crippen LogP contribution in [0.5, 0.6) is 0 Å². The molecule has 1 fully saturated rings. The molecule has 4 nitrogen and oxygen atoms in total. The van der Waals surface area contributed by atoms with Crippen molar-refractivity contribution >= 4 is 35.0 Å². The van der Waals surface area contributed by atoms with E-state index in [9.17, 15) is 9.59 Å². The molecule has 1 heterocycles. The Hall–Kier alpha value is -2.27. The molecule has 0 unspecified atom stereocenters. The standard InChI is InChI=1S/C20H22N2O2S/c1-13(2)19(24)21-16-10-8-15(9-11-16)20-22(18(23)12-25-20)17-7-5-4-6-14(17)3/h4-11,13,20H,12H2,1-3H3,(H,21,24)/t20-/m0/s1. The summed E-state index contributed by atoms with van der Waals surface area (Å²) in [5, 5.41) is 2.86. The molecular formula is C20H22N2O2S. The van der Waals surface area contributed by atoms with Gasteiger partial charge in [0.2, 0.25) is 11.8 Å². The van der Waals surface area contributed by atoms with Crippen LogP contribution >= 0.6 is 11.8 Å². The second-order valence-corrected chi connectivity index (χ2v) is 7.55. The molecule has 130 valence electrons. The second-order valence-electron chi connectivity index (χ2n) is 6.48. The number of aryl methyl sites for hydroxylation is 1. The lowest BCUT2D eigenvalue weighted by molar-refractivity contribution is -0.119. The molecule has 1 atom stereocenters. The van der Waals surface area contributed by atoms with Gasteiger partial charge in [0, 0.05) is 17.3 Å². The molecule has 1 saturated heterocycles. The van der Waals surface area contributed by atoms with E-state index in [1.807, 2.05) is 74.2 Å². The summed E-state index contributed by atoms with van der Waals surface area (Å²) in [6, 6.07) is 15.7. The van der Waals surface area contributed by atoms with E-state index >= 15 is 0 Å². The van der Waals surface area contributed by atoms with Crippen molar-refractivity contribution < 1.29 is 9.59 Å². The summed E-state index contributed by atoms with van der Waals surface area (Å²) < 4.78 is 0. The highest BCUT2D eigenvalue weighted by Crippen LogP contribution is 2.42. The van der Waals surface area contributed by atoms with Crippen LogP contribution in [0.25, 0.3) is 0 Å². The third kappa shape index (κ3) is 3.71. The molecule has 0 radical (unpaired) electrons. The van der Waals surface area contributed by atoms with Crippen LogP contribution in [0.4, 0.5) is 11.4 Å². The Labute approximate surface area is 152 Å². The number of para-hydroxylation sites is 1. The summed E-state index contributed by atoms with van der Waals surface area (Å²) in [5.74, 6) is 0.547. The van der Waals surface area contributed by atoms with Crippen LogP contribution in [0.2, 0.25) is 0 Å². The predicted molar refractivity (Wildman–Crippen MR) is 104 cm³/mol. The smallest absolute Gasteiger partial charge is 0.238 e. The van der Waals surface area contributed by atoms with Gasteiger partial charge in [0.1, 0.15) is 5.37 Å². The molecular weight excluding hydrogens is 332 g/mol. The molecule has 0 aliphatic carbocycles. The quantitative estimate of drug-likeness (QED) is 0.887. The van der Waals surface area contributed by atoms with Crippen molar-refractivity contribution in [2.75, 3.05) is 16.0 Å². The fourth-order valence-corrected chi connectivity index (χ4v) is 3.95. The third-order valence-electron chi connectivity index (χ3n) is 4.23. The molecule has 2 aromatic rings. The molecule has 0 saturated carbocycles. The zero-order chi connectivity index (χ0) is 18.0. The number of hydrogen-bond donors (Lipinski definition) is 1. The summed E-state index contributed by atoms with van der Waals surface area (Å²) in [6.45, 7) is 5.75. The zero-order valence-electron chi connectivity index (χ0n) is 14.7. The van der Waals surface area contributed by atoms with Crippen molar-refractivity contribution in [1.82, 2.24) is 0 Å². The number of carbonyl (C=O) groups is 2. The molecule has 0 spiro atoms. The lowest BCUT2D eigenvalue weighted by Crippen LogP contribution is -2.28. The first-order valence-corrected chi connectivity index (χ1v) is 9.42. The monoisotopic (exact) mass is 354 g/mol.